The van der Waals surface area contributed by atoms with Gasteiger partial charge in [0.1, 0.15) is 6.61 Å². The molecule has 0 radical (unpaired) electrons. The maximum Gasteiger partial charge on any atom is 0.166 e. The number of hydrogen-bond donors (Lipinski definition) is 1. The van der Waals surface area contributed by atoms with Crippen LogP contribution in [0.4, 0.5) is 5.69 Å². The number of rotatable bonds is 7. The Hall–Kier alpha value is -2.65. The fraction of sp³-hybridized carbons (Fsp3) is 0.217. The second kappa shape index (κ2) is 8.83. The maximum absolute atomic E-state index is 6.11. The highest BCUT2D eigenvalue weighted by atomic mass is 35.5. The molecule has 3 aromatic rings. The van der Waals surface area contributed by atoms with Gasteiger partial charge in [0.25, 0.3) is 0 Å². The second-order valence-electron chi connectivity index (χ2n) is 6.52. The van der Waals surface area contributed by atoms with Crippen molar-refractivity contribution in [3.8, 4) is 11.5 Å². The van der Waals surface area contributed by atoms with Crippen LogP contribution in [0.3, 0.4) is 0 Å². The number of halogens is 1. The zero-order valence-corrected chi connectivity index (χ0v) is 16.6. The van der Waals surface area contributed by atoms with Crippen molar-refractivity contribution in [1.29, 1.82) is 0 Å². The van der Waals surface area contributed by atoms with Gasteiger partial charge in [0.05, 0.1) is 7.11 Å². The summed E-state index contributed by atoms with van der Waals surface area (Å²) in [4.78, 5) is 0. The average Bonchev–Trinajstić information content (AvgIpc) is 2.68. The van der Waals surface area contributed by atoms with Crippen molar-refractivity contribution in [3.63, 3.8) is 0 Å². The highest BCUT2D eigenvalue weighted by Gasteiger charge is 2.11. The molecule has 0 heterocycles. The maximum atomic E-state index is 6.11. The molecule has 0 aliphatic carbocycles. The highest BCUT2D eigenvalue weighted by molar-refractivity contribution is 6.30. The van der Waals surface area contributed by atoms with Gasteiger partial charge in [-0.25, -0.2) is 0 Å². The van der Waals surface area contributed by atoms with E-state index in [1.807, 2.05) is 42.5 Å². The molecule has 0 saturated carbocycles. The van der Waals surface area contributed by atoms with Crippen LogP contribution in [0.5, 0.6) is 11.5 Å². The van der Waals surface area contributed by atoms with E-state index in [1.165, 1.54) is 11.1 Å². The van der Waals surface area contributed by atoms with Gasteiger partial charge in [-0.15, -0.1) is 0 Å². The lowest BCUT2D eigenvalue weighted by Gasteiger charge is -2.16. The van der Waals surface area contributed by atoms with Crippen LogP contribution >= 0.6 is 11.6 Å². The van der Waals surface area contributed by atoms with Gasteiger partial charge >= 0.3 is 0 Å². The molecule has 3 rings (SSSR count). The Morgan fingerprint density at radius 2 is 1.70 bits per heavy atom. The lowest BCUT2D eigenvalue weighted by atomic mass is 10.1. The minimum absolute atomic E-state index is 0.453. The topological polar surface area (TPSA) is 30.5 Å². The first kappa shape index (κ1) is 19.1. The molecular weight excluding hydrogens is 358 g/mol. The van der Waals surface area contributed by atoms with E-state index < -0.39 is 0 Å². The zero-order valence-electron chi connectivity index (χ0n) is 15.9. The van der Waals surface area contributed by atoms with Crippen molar-refractivity contribution >= 4 is 17.3 Å². The van der Waals surface area contributed by atoms with E-state index >= 15 is 0 Å². The van der Waals surface area contributed by atoms with Gasteiger partial charge in [0.15, 0.2) is 11.5 Å². The first-order valence-corrected chi connectivity index (χ1v) is 9.29. The Bertz CT molecular complexity index is 907. The molecule has 0 amide bonds. The summed E-state index contributed by atoms with van der Waals surface area (Å²) >= 11 is 5.95. The number of para-hydroxylation sites is 1. The van der Waals surface area contributed by atoms with E-state index in [2.05, 4.69) is 37.4 Å². The number of methoxy groups -OCH3 is 1. The average molecular weight is 382 g/mol. The van der Waals surface area contributed by atoms with Crippen molar-refractivity contribution in [2.24, 2.45) is 0 Å². The van der Waals surface area contributed by atoms with Crippen LogP contribution in [0.25, 0.3) is 0 Å². The van der Waals surface area contributed by atoms with Crippen LogP contribution in [-0.4, -0.2) is 7.11 Å². The molecule has 0 spiro atoms. The van der Waals surface area contributed by atoms with E-state index in [0.717, 1.165) is 28.3 Å². The fourth-order valence-corrected chi connectivity index (χ4v) is 2.94. The van der Waals surface area contributed by atoms with Crippen LogP contribution in [0.2, 0.25) is 5.02 Å². The molecule has 140 valence electrons. The molecule has 3 aromatic carbocycles. The highest BCUT2D eigenvalue weighted by Crippen LogP contribution is 2.32. The van der Waals surface area contributed by atoms with Crippen molar-refractivity contribution in [1.82, 2.24) is 0 Å². The zero-order chi connectivity index (χ0) is 19.2. The summed E-state index contributed by atoms with van der Waals surface area (Å²) in [5.74, 6) is 1.48. The van der Waals surface area contributed by atoms with E-state index in [-0.39, 0.29) is 0 Å². The molecule has 0 atom stereocenters. The molecule has 0 saturated heterocycles. The summed E-state index contributed by atoms with van der Waals surface area (Å²) in [6.45, 7) is 5.33. The Balaban J connectivity index is 1.76. The molecule has 0 aliphatic heterocycles. The Labute approximate surface area is 165 Å². The van der Waals surface area contributed by atoms with Crippen LogP contribution in [0.15, 0.2) is 60.7 Å². The lowest BCUT2D eigenvalue weighted by molar-refractivity contribution is 0.281. The van der Waals surface area contributed by atoms with Crippen LogP contribution in [0.1, 0.15) is 22.3 Å². The third-order valence-electron chi connectivity index (χ3n) is 4.57. The van der Waals surface area contributed by atoms with Gasteiger partial charge in [-0.1, -0.05) is 41.9 Å². The largest absolute Gasteiger partial charge is 0.493 e. The van der Waals surface area contributed by atoms with Gasteiger partial charge in [-0.2, -0.15) is 0 Å². The smallest absolute Gasteiger partial charge is 0.166 e. The van der Waals surface area contributed by atoms with Crippen LogP contribution in [-0.2, 0) is 13.2 Å². The van der Waals surface area contributed by atoms with Crippen molar-refractivity contribution < 1.29 is 9.47 Å². The molecule has 4 heteroatoms. The van der Waals surface area contributed by atoms with E-state index in [0.29, 0.717) is 18.2 Å². The van der Waals surface area contributed by atoms with Crippen molar-refractivity contribution in [2.75, 3.05) is 12.4 Å². The summed E-state index contributed by atoms with van der Waals surface area (Å²) in [5, 5.41) is 4.19. The summed E-state index contributed by atoms with van der Waals surface area (Å²) in [6, 6.07) is 20.0. The molecule has 1 N–H and O–H groups in total. The molecule has 0 unspecified atom stereocenters. The SMILES string of the molecule is COc1cccc(CNc2ccc(C)c(C)c2)c1OCc1ccc(Cl)cc1. The monoisotopic (exact) mass is 381 g/mol. The molecule has 27 heavy (non-hydrogen) atoms. The van der Waals surface area contributed by atoms with Crippen LogP contribution in [0, 0.1) is 13.8 Å². The van der Waals surface area contributed by atoms with Gasteiger partial charge in [-0.3, -0.25) is 0 Å². The second-order valence-corrected chi connectivity index (χ2v) is 6.95. The van der Waals surface area contributed by atoms with Crippen molar-refractivity contribution in [2.45, 2.75) is 27.0 Å². The summed E-state index contributed by atoms with van der Waals surface area (Å²) in [7, 11) is 1.66. The van der Waals surface area contributed by atoms with E-state index in [9.17, 15) is 0 Å². The predicted octanol–water partition coefficient (Wildman–Crippen LogP) is 6.16. The summed E-state index contributed by atoms with van der Waals surface area (Å²) in [6.07, 6.45) is 0. The first-order valence-electron chi connectivity index (χ1n) is 8.91. The minimum Gasteiger partial charge on any atom is -0.493 e. The van der Waals surface area contributed by atoms with Crippen molar-refractivity contribution in [3.05, 3.63) is 87.9 Å². The third kappa shape index (κ3) is 4.95. The Morgan fingerprint density at radius 1 is 0.926 bits per heavy atom. The van der Waals surface area contributed by atoms with Gasteiger partial charge < -0.3 is 14.8 Å². The summed E-state index contributed by atoms with van der Waals surface area (Å²) < 4.78 is 11.6. The number of nitrogens with one attached hydrogen (secondary N) is 1. The number of benzene rings is 3. The number of aryl methyl sites for hydroxylation is 2. The van der Waals surface area contributed by atoms with Gasteiger partial charge in [0.2, 0.25) is 0 Å². The third-order valence-corrected chi connectivity index (χ3v) is 4.82. The number of hydrogen-bond acceptors (Lipinski definition) is 3. The minimum atomic E-state index is 0.453. The molecule has 0 aliphatic rings. The van der Waals surface area contributed by atoms with Gasteiger partial charge in [-0.05, 0) is 60.9 Å². The van der Waals surface area contributed by atoms with E-state index in [1.54, 1.807) is 7.11 Å². The lowest BCUT2D eigenvalue weighted by Crippen LogP contribution is -2.05. The fourth-order valence-electron chi connectivity index (χ4n) is 2.81. The molecule has 0 aromatic heterocycles. The number of ether oxygens (including phenoxy) is 2. The standard InChI is InChI=1S/C23H24ClNO2/c1-16-7-12-21(13-17(16)2)25-14-19-5-4-6-22(26-3)23(19)27-15-18-8-10-20(24)11-9-18/h4-13,25H,14-15H2,1-3H3. The summed E-state index contributed by atoms with van der Waals surface area (Å²) in [5.41, 5.74) is 5.74. The first-order chi connectivity index (χ1) is 13.1. The molecule has 0 fully saturated rings. The van der Waals surface area contributed by atoms with E-state index in [4.69, 9.17) is 21.1 Å². The quantitative estimate of drug-likeness (QED) is 0.531. The molecule has 0 bridgehead atoms. The van der Waals surface area contributed by atoms with Gasteiger partial charge in [0, 0.05) is 22.8 Å². The molecule has 3 nitrogen and oxygen atoms in total. The number of anilines is 1. The normalized spacial score (nSPS) is 10.5. The Kier molecular flexibility index (Phi) is 6.25. The molecular formula is C23H24ClNO2. The predicted molar refractivity (Wildman–Crippen MR) is 112 cm³/mol. The van der Waals surface area contributed by atoms with Crippen LogP contribution < -0.4 is 14.8 Å². The Morgan fingerprint density at radius 3 is 2.41 bits per heavy atom.